The Morgan fingerprint density at radius 1 is 1.15 bits per heavy atom. The molecule has 0 spiro atoms. The van der Waals surface area contributed by atoms with Crippen LogP contribution >= 0.6 is 15.9 Å². The number of halogens is 1. The van der Waals surface area contributed by atoms with Crippen LogP contribution in [-0.2, 0) is 14.8 Å². The van der Waals surface area contributed by atoms with Gasteiger partial charge in [0.1, 0.15) is 0 Å². The molecule has 7 heteroatoms. The molecule has 1 atom stereocenters. The second kappa shape index (κ2) is 8.63. The molecule has 0 aromatic heterocycles. The van der Waals surface area contributed by atoms with Crippen molar-refractivity contribution in [3.05, 3.63) is 64.1 Å². The Kier molecular flexibility index (Phi) is 6.47. The number of rotatable bonds is 6. The topological polar surface area (TPSA) is 58.6 Å². The predicted molar refractivity (Wildman–Crippen MR) is 106 cm³/mol. The van der Waals surface area contributed by atoms with Crippen molar-refractivity contribution in [2.45, 2.75) is 17.9 Å². The molecule has 2 aromatic carbocycles. The smallest absolute Gasteiger partial charge is 0.241 e. The largest absolute Gasteiger partial charge is 0.379 e. The van der Waals surface area contributed by atoms with E-state index in [4.69, 9.17) is 4.74 Å². The summed E-state index contributed by atoms with van der Waals surface area (Å²) < 4.78 is 35.1. The summed E-state index contributed by atoms with van der Waals surface area (Å²) in [5, 5.41) is 0. The van der Waals surface area contributed by atoms with Gasteiger partial charge < -0.3 is 4.74 Å². The number of benzene rings is 2. The molecule has 1 unspecified atom stereocenters. The quantitative estimate of drug-likeness (QED) is 0.752. The molecule has 140 valence electrons. The van der Waals surface area contributed by atoms with Gasteiger partial charge in [-0.15, -0.1) is 0 Å². The predicted octanol–water partition coefficient (Wildman–Crippen LogP) is 3.11. The zero-order valence-electron chi connectivity index (χ0n) is 14.7. The fourth-order valence-corrected chi connectivity index (χ4v) is 4.52. The van der Waals surface area contributed by atoms with Gasteiger partial charge in [-0.3, -0.25) is 4.90 Å². The van der Waals surface area contributed by atoms with Crippen molar-refractivity contribution in [1.29, 1.82) is 0 Å². The summed E-state index contributed by atoms with van der Waals surface area (Å²) in [4.78, 5) is 2.51. The van der Waals surface area contributed by atoms with Gasteiger partial charge in [-0.05, 0) is 36.2 Å². The number of morpholine rings is 1. The summed E-state index contributed by atoms with van der Waals surface area (Å²) >= 11 is 3.42. The first kappa shape index (κ1) is 19.5. The Labute approximate surface area is 163 Å². The SMILES string of the molecule is Cc1cc(S(=O)(=O)NC(CN2CCOCC2)c2ccccc2)ccc1Br. The van der Waals surface area contributed by atoms with Crippen LogP contribution in [0.25, 0.3) is 0 Å². The van der Waals surface area contributed by atoms with Crippen LogP contribution in [-0.4, -0.2) is 46.2 Å². The first-order valence-corrected chi connectivity index (χ1v) is 10.9. The second-order valence-corrected chi connectivity index (χ2v) is 8.98. The molecule has 1 aliphatic rings. The molecule has 0 radical (unpaired) electrons. The normalized spacial score (nSPS) is 17.2. The highest BCUT2D eigenvalue weighted by Gasteiger charge is 2.24. The van der Waals surface area contributed by atoms with Gasteiger partial charge in [0.15, 0.2) is 0 Å². The molecule has 1 aliphatic heterocycles. The van der Waals surface area contributed by atoms with E-state index in [-0.39, 0.29) is 10.9 Å². The number of hydrogen-bond acceptors (Lipinski definition) is 4. The van der Waals surface area contributed by atoms with E-state index >= 15 is 0 Å². The van der Waals surface area contributed by atoms with E-state index in [9.17, 15) is 8.42 Å². The van der Waals surface area contributed by atoms with Crippen LogP contribution in [0.1, 0.15) is 17.2 Å². The Bertz CT molecular complexity index is 837. The molecule has 5 nitrogen and oxygen atoms in total. The van der Waals surface area contributed by atoms with Gasteiger partial charge in [0, 0.05) is 24.1 Å². The molecule has 0 bridgehead atoms. The minimum atomic E-state index is -3.63. The van der Waals surface area contributed by atoms with Crippen LogP contribution in [0.5, 0.6) is 0 Å². The van der Waals surface area contributed by atoms with E-state index in [1.165, 1.54) is 0 Å². The molecule has 0 amide bonds. The van der Waals surface area contributed by atoms with Gasteiger partial charge in [-0.1, -0.05) is 46.3 Å². The van der Waals surface area contributed by atoms with E-state index in [0.29, 0.717) is 19.8 Å². The number of aryl methyl sites for hydroxylation is 1. The molecule has 1 N–H and O–H groups in total. The zero-order valence-corrected chi connectivity index (χ0v) is 17.1. The van der Waals surface area contributed by atoms with Gasteiger partial charge in [0.25, 0.3) is 0 Å². The van der Waals surface area contributed by atoms with Crippen LogP contribution < -0.4 is 4.72 Å². The van der Waals surface area contributed by atoms with Crippen molar-refractivity contribution in [3.63, 3.8) is 0 Å². The maximum absolute atomic E-state index is 13.0. The third kappa shape index (κ3) is 4.92. The molecule has 0 saturated carbocycles. The van der Waals surface area contributed by atoms with Crippen LogP contribution in [0, 0.1) is 6.92 Å². The fourth-order valence-electron chi connectivity index (χ4n) is 2.98. The molecule has 1 heterocycles. The highest BCUT2D eigenvalue weighted by molar-refractivity contribution is 9.10. The number of hydrogen-bond donors (Lipinski definition) is 1. The van der Waals surface area contributed by atoms with Crippen molar-refractivity contribution < 1.29 is 13.2 Å². The lowest BCUT2D eigenvalue weighted by molar-refractivity contribution is 0.0345. The second-order valence-electron chi connectivity index (χ2n) is 6.41. The highest BCUT2D eigenvalue weighted by atomic mass is 79.9. The Morgan fingerprint density at radius 2 is 1.85 bits per heavy atom. The monoisotopic (exact) mass is 438 g/mol. The average molecular weight is 439 g/mol. The minimum absolute atomic E-state index is 0.279. The first-order valence-electron chi connectivity index (χ1n) is 8.59. The lowest BCUT2D eigenvalue weighted by atomic mass is 10.1. The van der Waals surface area contributed by atoms with Crippen molar-refractivity contribution in [1.82, 2.24) is 9.62 Å². The van der Waals surface area contributed by atoms with Gasteiger partial charge >= 0.3 is 0 Å². The molecule has 1 fully saturated rings. The summed E-state index contributed by atoms with van der Waals surface area (Å²) in [5.41, 5.74) is 1.84. The summed E-state index contributed by atoms with van der Waals surface area (Å²) in [7, 11) is -3.63. The molecule has 3 rings (SSSR count). The average Bonchev–Trinajstić information content (AvgIpc) is 2.65. The van der Waals surface area contributed by atoms with Gasteiger partial charge in [-0.25, -0.2) is 13.1 Å². The summed E-state index contributed by atoms with van der Waals surface area (Å²) in [5.74, 6) is 0. The zero-order chi connectivity index (χ0) is 18.6. The van der Waals surface area contributed by atoms with Crippen molar-refractivity contribution >= 4 is 26.0 Å². The van der Waals surface area contributed by atoms with Gasteiger partial charge in [0.05, 0.1) is 24.2 Å². The lowest BCUT2D eigenvalue weighted by Crippen LogP contribution is -2.43. The van der Waals surface area contributed by atoms with E-state index in [0.717, 1.165) is 28.7 Å². The molecule has 2 aromatic rings. The molecule has 0 aliphatic carbocycles. The molecule has 26 heavy (non-hydrogen) atoms. The Balaban J connectivity index is 1.85. The summed E-state index contributed by atoms with van der Waals surface area (Å²) in [6.45, 7) is 5.47. The summed E-state index contributed by atoms with van der Waals surface area (Å²) in [6, 6.07) is 14.5. The van der Waals surface area contributed by atoms with E-state index in [1.54, 1.807) is 18.2 Å². The Hall–Kier alpha value is -1.25. The van der Waals surface area contributed by atoms with Gasteiger partial charge in [-0.2, -0.15) is 0 Å². The highest BCUT2D eigenvalue weighted by Crippen LogP contribution is 2.23. The molecule has 1 saturated heterocycles. The van der Waals surface area contributed by atoms with E-state index in [1.807, 2.05) is 37.3 Å². The van der Waals surface area contributed by atoms with Crippen molar-refractivity contribution in [3.8, 4) is 0 Å². The number of nitrogens with zero attached hydrogens (tertiary/aromatic N) is 1. The fraction of sp³-hybridized carbons (Fsp3) is 0.368. The van der Waals surface area contributed by atoms with Crippen molar-refractivity contribution in [2.75, 3.05) is 32.8 Å². The maximum atomic E-state index is 13.0. The first-order chi connectivity index (χ1) is 12.5. The van der Waals surface area contributed by atoms with Crippen LogP contribution in [0.15, 0.2) is 57.9 Å². The lowest BCUT2D eigenvalue weighted by Gasteiger charge is -2.31. The minimum Gasteiger partial charge on any atom is -0.379 e. The standard InChI is InChI=1S/C19H23BrN2O3S/c1-15-13-17(7-8-18(15)20)26(23,24)21-19(16-5-3-2-4-6-16)14-22-9-11-25-12-10-22/h2-8,13,19,21H,9-12,14H2,1H3. The number of sulfonamides is 1. The van der Waals surface area contributed by atoms with Crippen LogP contribution in [0.4, 0.5) is 0 Å². The van der Waals surface area contributed by atoms with E-state index in [2.05, 4.69) is 25.6 Å². The van der Waals surface area contributed by atoms with Crippen LogP contribution in [0.2, 0.25) is 0 Å². The molecular formula is C19H23BrN2O3S. The Morgan fingerprint density at radius 3 is 2.50 bits per heavy atom. The number of ether oxygens (including phenoxy) is 1. The third-order valence-electron chi connectivity index (χ3n) is 4.48. The third-order valence-corrected chi connectivity index (χ3v) is 6.84. The number of nitrogens with one attached hydrogen (secondary N) is 1. The summed E-state index contributed by atoms with van der Waals surface area (Å²) in [6.07, 6.45) is 0. The van der Waals surface area contributed by atoms with Crippen molar-refractivity contribution in [2.24, 2.45) is 0 Å². The maximum Gasteiger partial charge on any atom is 0.241 e. The van der Waals surface area contributed by atoms with Crippen LogP contribution in [0.3, 0.4) is 0 Å². The molecular weight excluding hydrogens is 416 g/mol. The van der Waals surface area contributed by atoms with Gasteiger partial charge in [0.2, 0.25) is 10.0 Å². The van der Waals surface area contributed by atoms with E-state index < -0.39 is 10.0 Å².